The summed E-state index contributed by atoms with van der Waals surface area (Å²) in [5, 5.41) is 0.461. The third-order valence-electron chi connectivity index (χ3n) is 6.14. The number of piperazine rings is 1. The van der Waals surface area contributed by atoms with Gasteiger partial charge in [-0.25, -0.2) is 15.0 Å². The summed E-state index contributed by atoms with van der Waals surface area (Å²) in [4.78, 5) is 24.5. The van der Waals surface area contributed by atoms with Crippen LogP contribution in [-0.2, 0) is 0 Å². The number of aryl methyl sites for hydroxylation is 1. The molecule has 0 bridgehead atoms. The summed E-state index contributed by atoms with van der Waals surface area (Å²) >= 11 is 6.19. The molecule has 8 heteroatoms. The Balaban J connectivity index is 0.000000347. The van der Waals surface area contributed by atoms with Crippen molar-refractivity contribution in [3.05, 3.63) is 59.5 Å². The molecule has 0 spiro atoms. The van der Waals surface area contributed by atoms with E-state index >= 15 is 0 Å². The van der Waals surface area contributed by atoms with E-state index in [4.69, 9.17) is 16.6 Å². The highest BCUT2D eigenvalue weighted by molar-refractivity contribution is 6.31. The van der Waals surface area contributed by atoms with E-state index in [1.54, 1.807) is 12.4 Å². The second-order valence-electron chi connectivity index (χ2n) is 8.65. The summed E-state index contributed by atoms with van der Waals surface area (Å²) in [6.07, 6.45) is 7.60. The maximum absolute atomic E-state index is 6.19. The fraction of sp³-hybridized carbons (Fsp3) is 0.500. The Bertz CT molecular complexity index is 997. The summed E-state index contributed by atoms with van der Waals surface area (Å²) < 4.78 is 0. The number of rotatable bonds is 2. The van der Waals surface area contributed by atoms with Gasteiger partial charge in [0.2, 0.25) is 5.96 Å². The highest BCUT2D eigenvalue weighted by Crippen LogP contribution is 2.23. The predicted molar refractivity (Wildman–Crippen MR) is 155 cm³/mol. The van der Waals surface area contributed by atoms with Crippen molar-refractivity contribution in [1.29, 1.82) is 0 Å². The Morgan fingerprint density at radius 1 is 1.06 bits per heavy atom. The summed E-state index contributed by atoms with van der Waals surface area (Å²) in [6, 6.07) is 8.59. The van der Waals surface area contributed by atoms with Crippen molar-refractivity contribution < 1.29 is 0 Å². The molecule has 4 rings (SSSR count). The number of anilines is 1. The Labute approximate surface area is 222 Å². The third-order valence-corrected chi connectivity index (χ3v) is 6.41. The SMILES string of the molecule is C=Cc1ccc(C)cc1.CC.CN=C(/N=C(\C)N1CCN(c2nccnc2Cl)CC1C)N1CCCC1. The maximum Gasteiger partial charge on any atom is 0.222 e. The molecule has 1 aromatic carbocycles. The van der Waals surface area contributed by atoms with Gasteiger partial charge in [-0.3, -0.25) is 4.99 Å². The van der Waals surface area contributed by atoms with Crippen LogP contribution in [0.4, 0.5) is 5.82 Å². The molecule has 3 heterocycles. The first-order valence-corrected chi connectivity index (χ1v) is 13.2. The molecule has 196 valence electrons. The van der Waals surface area contributed by atoms with Gasteiger partial charge in [0.25, 0.3) is 0 Å². The minimum Gasteiger partial charge on any atom is -0.354 e. The largest absolute Gasteiger partial charge is 0.354 e. The topological polar surface area (TPSA) is 60.2 Å². The minimum absolute atomic E-state index is 0.312. The van der Waals surface area contributed by atoms with E-state index in [1.807, 2.05) is 27.0 Å². The lowest BCUT2D eigenvalue weighted by Gasteiger charge is -2.41. The lowest BCUT2D eigenvalue weighted by atomic mass is 10.2. The number of likely N-dealkylation sites (tertiary alicyclic amines) is 1. The van der Waals surface area contributed by atoms with Gasteiger partial charge in [0.1, 0.15) is 5.84 Å². The van der Waals surface area contributed by atoms with Crippen LogP contribution in [0.5, 0.6) is 0 Å². The quantitative estimate of drug-likeness (QED) is 0.376. The minimum atomic E-state index is 0.312. The number of hydrogen-bond acceptors (Lipinski definition) is 4. The van der Waals surface area contributed by atoms with Gasteiger partial charge in [0.15, 0.2) is 11.0 Å². The molecule has 2 fully saturated rings. The second kappa shape index (κ2) is 15.2. The molecule has 0 saturated carbocycles. The van der Waals surface area contributed by atoms with Crippen molar-refractivity contribution in [2.75, 3.05) is 44.7 Å². The highest BCUT2D eigenvalue weighted by Gasteiger charge is 2.27. The Kier molecular flexibility index (Phi) is 12.4. The first kappa shape index (κ1) is 29.3. The van der Waals surface area contributed by atoms with E-state index in [-0.39, 0.29) is 0 Å². The molecule has 2 aromatic rings. The molecule has 36 heavy (non-hydrogen) atoms. The van der Waals surface area contributed by atoms with E-state index in [1.165, 1.54) is 24.0 Å². The van der Waals surface area contributed by atoms with Gasteiger partial charge in [0, 0.05) is 58.2 Å². The van der Waals surface area contributed by atoms with E-state index in [9.17, 15) is 0 Å². The zero-order chi connectivity index (χ0) is 26.5. The van der Waals surface area contributed by atoms with Gasteiger partial charge in [0.05, 0.1) is 0 Å². The molecule has 2 aliphatic rings. The number of aliphatic imine (C=N–C) groups is 2. The normalized spacial score (nSPS) is 18.2. The van der Waals surface area contributed by atoms with Crippen LogP contribution in [0.3, 0.4) is 0 Å². The number of amidine groups is 1. The molecule has 7 nitrogen and oxygen atoms in total. The number of nitrogens with zero attached hydrogens (tertiary/aromatic N) is 7. The highest BCUT2D eigenvalue weighted by atomic mass is 35.5. The zero-order valence-electron chi connectivity index (χ0n) is 22.8. The van der Waals surface area contributed by atoms with Crippen molar-refractivity contribution in [1.82, 2.24) is 19.8 Å². The van der Waals surface area contributed by atoms with Gasteiger partial charge in [-0.2, -0.15) is 0 Å². The number of benzene rings is 1. The van der Waals surface area contributed by atoms with Crippen molar-refractivity contribution in [3.8, 4) is 0 Å². The number of aromatic nitrogens is 2. The van der Waals surface area contributed by atoms with Crippen LogP contribution in [0.15, 0.2) is 53.2 Å². The second-order valence-corrected chi connectivity index (χ2v) is 9.01. The molecule has 1 atom stereocenters. The van der Waals surface area contributed by atoms with Gasteiger partial charge >= 0.3 is 0 Å². The molecular weight excluding hydrogens is 470 g/mol. The summed E-state index contributed by atoms with van der Waals surface area (Å²) in [5.74, 6) is 2.63. The Morgan fingerprint density at radius 2 is 1.69 bits per heavy atom. The molecule has 1 unspecified atom stereocenters. The van der Waals surface area contributed by atoms with E-state index in [2.05, 4.69) is 81.3 Å². The van der Waals surface area contributed by atoms with Crippen LogP contribution in [0.1, 0.15) is 51.7 Å². The average molecular weight is 512 g/mol. The van der Waals surface area contributed by atoms with E-state index < -0.39 is 0 Å². The summed E-state index contributed by atoms with van der Waals surface area (Å²) in [7, 11) is 1.82. The molecular formula is C28H42ClN7. The Morgan fingerprint density at radius 3 is 2.25 bits per heavy atom. The van der Waals surface area contributed by atoms with E-state index in [0.29, 0.717) is 11.2 Å². The van der Waals surface area contributed by atoms with E-state index in [0.717, 1.165) is 50.3 Å². The first-order chi connectivity index (χ1) is 17.4. The zero-order valence-corrected chi connectivity index (χ0v) is 23.5. The molecule has 0 amide bonds. The van der Waals surface area contributed by atoms with Gasteiger partial charge in [-0.15, -0.1) is 0 Å². The van der Waals surface area contributed by atoms with Crippen LogP contribution in [0.25, 0.3) is 6.08 Å². The fourth-order valence-electron chi connectivity index (χ4n) is 4.25. The number of hydrogen-bond donors (Lipinski definition) is 0. The van der Waals surface area contributed by atoms with Crippen LogP contribution < -0.4 is 4.90 Å². The molecule has 2 saturated heterocycles. The molecule has 1 aromatic heterocycles. The van der Waals surface area contributed by atoms with Crippen molar-refractivity contribution >= 4 is 35.3 Å². The third kappa shape index (κ3) is 8.33. The summed E-state index contributed by atoms with van der Waals surface area (Å²) in [5.41, 5.74) is 2.47. The summed E-state index contributed by atoms with van der Waals surface area (Å²) in [6.45, 7) is 18.7. The van der Waals surface area contributed by atoms with Gasteiger partial charge in [-0.1, -0.05) is 67.9 Å². The lowest BCUT2D eigenvalue weighted by molar-refractivity contribution is 0.295. The van der Waals surface area contributed by atoms with Crippen molar-refractivity contribution in [2.24, 2.45) is 9.98 Å². The Hall–Kier alpha value is -2.93. The standard InChI is InChI=1S/C17H26ClN7.C9H10.C2H6/c1-13-12-24(16-15(18)20-6-7-21-16)10-11-25(13)14(2)22-17(19-3)23-8-4-5-9-23;1-3-9-6-4-8(2)5-7-9;1-2/h6-7,13H,4-5,8-12H2,1-3H3;3-7H,1H2,2H3;1-2H3/b19-17?,22-14+;;. The maximum atomic E-state index is 6.19. The van der Waals surface area contributed by atoms with Gasteiger partial charge < -0.3 is 14.7 Å². The lowest BCUT2D eigenvalue weighted by Crippen LogP contribution is -2.54. The van der Waals surface area contributed by atoms with Gasteiger partial charge in [-0.05, 0) is 39.2 Å². The molecule has 0 aliphatic carbocycles. The fourth-order valence-corrected chi connectivity index (χ4v) is 4.47. The van der Waals surface area contributed by atoms with Crippen molar-refractivity contribution in [3.63, 3.8) is 0 Å². The van der Waals surface area contributed by atoms with Crippen LogP contribution in [0, 0.1) is 6.92 Å². The smallest absolute Gasteiger partial charge is 0.222 e. The molecule has 0 radical (unpaired) electrons. The van der Waals surface area contributed by atoms with Crippen LogP contribution >= 0.6 is 11.6 Å². The van der Waals surface area contributed by atoms with Crippen LogP contribution in [0.2, 0.25) is 5.15 Å². The first-order valence-electron chi connectivity index (χ1n) is 12.9. The average Bonchev–Trinajstić information content (AvgIpc) is 3.44. The number of guanidine groups is 1. The molecule has 0 N–H and O–H groups in total. The molecule has 2 aliphatic heterocycles. The van der Waals surface area contributed by atoms with Crippen LogP contribution in [-0.4, -0.2) is 77.4 Å². The van der Waals surface area contributed by atoms with Crippen molar-refractivity contribution in [2.45, 2.75) is 53.5 Å². The predicted octanol–water partition coefficient (Wildman–Crippen LogP) is 5.80. The number of halogens is 1. The monoisotopic (exact) mass is 511 g/mol.